The Morgan fingerprint density at radius 2 is 2.19 bits per heavy atom. The molecule has 2 aromatic rings. The van der Waals surface area contributed by atoms with Crippen LogP contribution in [0.1, 0.15) is 23.4 Å². The number of aromatic nitrogens is 2. The monoisotopic (exact) mass is 291 g/mol. The highest BCUT2D eigenvalue weighted by Crippen LogP contribution is 2.18. The number of oxazole rings is 1. The molecule has 1 amide bonds. The molecule has 1 aliphatic rings. The van der Waals surface area contributed by atoms with Crippen LogP contribution >= 0.6 is 0 Å². The van der Waals surface area contributed by atoms with Crippen molar-refractivity contribution >= 4 is 5.91 Å². The molecule has 1 aliphatic heterocycles. The second-order valence-electron chi connectivity index (χ2n) is 4.77. The second-order valence-corrected chi connectivity index (χ2v) is 4.77. The normalized spacial score (nSPS) is 16.0. The summed E-state index contributed by atoms with van der Waals surface area (Å²) < 4.78 is 23.6. The first-order valence-corrected chi connectivity index (χ1v) is 6.69. The molecule has 1 fully saturated rings. The number of pyridine rings is 1. The zero-order chi connectivity index (χ0) is 14.7. The smallest absolute Gasteiger partial charge is 0.291 e. The number of hydrogen-bond donors (Lipinski definition) is 0. The summed E-state index contributed by atoms with van der Waals surface area (Å²) in [5.41, 5.74) is 0. The topological polar surface area (TPSA) is 68.5 Å². The Morgan fingerprint density at radius 3 is 2.86 bits per heavy atom. The van der Waals surface area contributed by atoms with Gasteiger partial charge in [0.05, 0.1) is 6.20 Å². The Bertz CT molecular complexity index is 610. The first-order valence-electron chi connectivity index (χ1n) is 6.69. The summed E-state index contributed by atoms with van der Waals surface area (Å²) in [7, 11) is 0. The number of hydrogen-bond acceptors (Lipinski definition) is 5. The van der Waals surface area contributed by atoms with Crippen LogP contribution in [0.3, 0.4) is 0 Å². The van der Waals surface area contributed by atoms with Crippen molar-refractivity contribution in [2.45, 2.75) is 18.9 Å². The van der Waals surface area contributed by atoms with Crippen LogP contribution in [0.5, 0.6) is 5.88 Å². The fourth-order valence-corrected chi connectivity index (χ4v) is 2.28. The minimum absolute atomic E-state index is 0.0712. The third-order valence-electron chi connectivity index (χ3n) is 3.35. The molecule has 0 radical (unpaired) electrons. The van der Waals surface area contributed by atoms with E-state index in [2.05, 4.69) is 9.97 Å². The highest BCUT2D eigenvalue weighted by atomic mass is 19.1. The minimum Gasteiger partial charge on any atom is -0.474 e. The van der Waals surface area contributed by atoms with Crippen molar-refractivity contribution in [3.05, 3.63) is 42.5 Å². The van der Waals surface area contributed by atoms with Crippen molar-refractivity contribution in [3.8, 4) is 5.88 Å². The van der Waals surface area contributed by atoms with Crippen LogP contribution in [0, 0.1) is 5.95 Å². The van der Waals surface area contributed by atoms with Gasteiger partial charge in [-0.1, -0.05) is 6.07 Å². The lowest BCUT2D eigenvalue weighted by atomic mass is 10.1. The molecule has 3 heterocycles. The third-order valence-corrected chi connectivity index (χ3v) is 3.35. The molecule has 21 heavy (non-hydrogen) atoms. The molecule has 110 valence electrons. The van der Waals surface area contributed by atoms with Gasteiger partial charge in [0.15, 0.2) is 6.39 Å². The van der Waals surface area contributed by atoms with Gasteiger partial charge in [-0.25, -0.2) is 4.98 Å². The molecule has 3 rings (SSSR count). The van der Waals surface area contributed by atoms with Gasteiger partial charge in [0.1, 0.15) is 6.10 Å². The molecule has 7 heteroatoms. The number of piperidine rings is 1. The quantitative estimate of drug-likeness (QED) is 0.808. The minimum atomic E-state index is -0.564. The molecule has 0 atom stereocenters. The summed E-state index contributed by atoms with van der Waals surface area (Å²) in [6, 6.07) is 4.45. The van der Waals surface area contributed by atoms with Gasteiger partial charge in [0.2, 0.25) is 17.6 Å². The van der Waals surface area contributed by atoms with Gasteiger partial charge in [-0.2, -0.15) is 9.37 Å². The Hall–Kier alpha value is -2.44. The highest BCUT2D eigenvalue weighted by Gasteiger charge is 2.26. The van der Waals surface area contributed by atoms with Crippen molar-refractivity contribution in [2.24, 2.45) is 0 Å². The molecule has 0 unspecified atom stereocenters. The summed E-state index contributed by atoms with van der Waals surface area (Å²) in [4.78, 5) is 21.2. The number of likely N-dealkylation sites (tertiary alicyclic amines) is 1. The zero-order valence-electron chi connectivity index (χ0n) is 11.2. The predicted molar refractivity (Wildman–Crippen MR) is 70.3 cm³/mol. The van der Waals surface area contributed by atoms with Crippen molar-refractivity contribution in [1.82, 2.24) is 14.9 Å². The van der Waals surface area contributed by atoms with Crippen molar-refractivity contribution < 1.29 is 18.3 Å². The predicted octanol–water partition coefficient (Wildman–Crippen LogP) is 1.89. The van der Waals surface area contributed by atoms with Crippen LogP contribution < -0.4 is 4.74 Å². The molecule has 1 saturated heterocycles. The first-order chi connectivity index (χ1) is 10.2. The standard InChI is InChI=1S/C14H14FN3O3/c15-12-2-1-3-13(17-12)21-10-4-6-18(7-5-10)14(19)11-8-16-9-20-11/h1-3,8-10H,4-7H2. The van der Waals surface area contributed by atoms with Gasteiger partial charge in [-0.05, 0) is 6.07 Å². The number of halogens is 1. The number of amides is 1. The van der Waals surface area contributed by atoms with Crippen LogP contribution in [0.15, 0.2) is 35.2 Å². The first kappa shape index (κ1) is 13.5. The molecule has 6 nitrogen and oxygen atoms in total. The van der Waals surface area contributed by atoms with Gasteiger partial charge < -0.3 is 14.1 Å². The fourth-order valence-electron chi connectivity index (χ4n) is 2.28. The van der Waals surface area contributed by atoms with Crippen LogP contribution in [-0.2, 0) is 0 Å². The Labute approximate surface area is 120 Å². The lowest BCUT2D eigenvalue weighted by molar-refractivity contribution is 0.0558. The van der Waals surface area contributed by atoms with E-state index in [0.29, 0.717) is 25.9 Å². The van der Waals surface area contributed by atoms with E-state index < -0.39 is 5.95 Å². The maximum absolute atomic E-state index is 13.0. The van der Waals surface area contributed by atoms with Crippen molar-refractivity contribution in [2.75, 3.05) is 13.1 Å². The van der Waals surface area contributed by atoms with E-state index in [1.807, 2.05) is 0 Å². The van der Waals surface area contributed by atoms with Crippen LogP contribution in [0.25, 0.3) is 0 Å². The summed E-state index contributed by atoms with van der Waals surface area (Å²) >= 11 is 0. The number of carbonyl (C=O) groups excluding carboxylic acids is 1. The van der Waals surface area contributed by atoms with Crippen LogP contribution in [-0.4, -0.2) is 40.0 Å². The van der Waals surface area contributed by atoms with Crippen molar-refractivity contribution in [1.29, 1.82) is 0 Å². The van der Waals surface area contributed by atoms with E-state index in [-0.39, 0.29) is 23.7 Å². The Balaban J connectivity index is 1.54. The number of ether oxygens (including phenoxy) is 1. The summed E-state index contributed by atoms with van der Waals surface area (Å²) in [5.74, 6) is -0.226. The summed E-state index contributed by atoms with van der Waals surface area (Å²) in [6.45, 7) is 1.11. The molecule has 0 aromatic carbocycles. The van der Waals surface area contributed by atoms with E-state index in [9.17, 15) is 9.18 Å². The molecule has 0 aliphatic carbocycles. The summed E-state index contributed by atoms with van der Waals surface area (Å²) in [6.07, 6.45) is 3.90. The Kier molecular flexibility index (Phi) is 3.81. The molecule has 0 N–H and O–H groups in total. The number of carbonyl (C=O) groups is 1. The van der Waals surface area contributed by atoms with E-state index in [4.69, 9.17) is 9.15 Å². The molecular formula is C14H14FN3O3. The Morgan fingerprint density at radius 1 is 1.38 bits per heavy atom. The fraction of sp³-hybridized carbons (Fsp3) is 0.357. The van der Waals surface area contributed by atoms with E-state index >= 15 is 0 Å². The maximum Gasteiger partial charge on any atom is 0.291 e. The van der Waals surface area contributed by atoms with Gasteiger partial charge in [-0.3, -0.25) is 4.79 Å². The SMILES string of the molecule is O=C(c1cnco1)N1CCC(Oc2cccc(F)n2)CC1. The third kappa shape index (κ3) is 3.18. The van der Waals surface area contributed by atoms with E-state index in [1.54, 1.807) is 17.0 Å². The van der Waals surface area contributed by atoms with Crippen LogP contribution in [0.4, 0.5) is 4.39 Å². The molecular weight excluding hydrogens is 277 g/mol. The lowest BCUT2D eigenvalue weighted by Crippen LogP contribution is -2.41. The molecule has 0 bridgehead atoms. The molecule has 0 saturated carbocycles. The molecule has 2 aromatic heterocycles. The maximum atomic E-state index is 13.0. The highest BCUT2D eigenvalue weighted by molar-refractivity contribution is 5.91. The second kappa shape index (κ2) is 5.90. The largest absolute Gasteiger partial charge is 0.474 e. The lowest BCUT2D eigenvalue weighted by Gasteiger charge is -2.31. The average molecular weight is 291 g/mol. The number of rotatable bonds is 3. The van der Waals surface area contributed by atoms with E-state index in [1.165, 1.54) is 18.7 Å². The average Bonchev–Trinajstić information content (AvgIpc) is 3.01. The summed E-state index contributed by atoms with van der Waals surface area (Å²) in [5, 5.41) is 0. The van der Waals surface area contributed by atoms with Gasteiger partial charge in [-0.15, -0.1) is 0 Å². The van der Waals surface area contributed by atoms with Gasteiger partial charge >= 0.3 is 0 Å². The molecule has 0 spiro atoms. The van der Waals surface area contributed by atoms with Gasteiger partial charge in [0, 0.05) is 32.0 Å². The van der Waals surface area contributed by atoms with Crippen molar-refractivity contribution in [3.63, 3.8) is 0 Å². The number of nitrogens with zero attached hydrogens (tertiary/aromatic N) is 3. The van der Waals surface area contributed by atoms with E-state index in [0.717, 1.165) is 0 Å². The zero-order valence-corrected chi connectivity index (χ0v) is 11.2. The van der Waals surface area contributed by atoms with Crippen LogP contribution in [0.2, 0.25) is 0 Å². The van der Waals surface area contributed by atoms with Gasteiger partial charge in [0.25, 0.3) is 5.91 Å².